The van der Waals surface area contributed by atoms with Crippen LogP contribution in [0.15, 0.2) is 42.5 Å². The number of amides is 1. The number of carbonyl (C=O) groups is 1. The van der Waals surface area contributed by atoms with Crippen molar-refractivity contribution in [2.45, 2.75) is 57.9 Å². The lowest BCUT2D eigenvalue weighted by Crippen LogP contribution is -2.55. The van der Waals surface area contributed by atoms with E-state index in [9.17, 15) is 4.79 Å². The summed E-state index contributed by atoms with van der Waals surface area (Å²) in [5.41, 5.74) is 9.60. The van der Waals surface area contributed by atoms with E-state index in [1.54, 1.807) is 6.92 Å². The minimum Gasteiger partial charge on any atom is -0.493 e. The third kappa shape index (κ3) is 4.23. The molecule has 172 valence electrons. The summed E-state index contributed by atoms with van der Waals surface area (Å²) in [6.07, 6.45) is 3.29. The van der Waals surface area contributed by atoms with E-state index >= 15 is 0 Å². The van der Waals surface area contributed by atoms with Crippen molar-refractivity contribution in [3.8, 4) is 5.75 Å². The number of nitrogens with zero attached hydrogens (tertiary/aromatic N) is 2. The quantitative estimate of drug-likeness (QED) is 0.699. The molecule has 2 N–H and O–H groups in total. The van der Waals surface area contributed by atoms with Gasteiger partial charge < -0.3 is 20.3 Å². The Kier molecular flexibility index (Phi) is 5.97. The fraction of sp³-hybridized carbons (Fsp3) is 0.519. The van der Waals surface area contributed by atoms with Gasteiger partial charge in [0.05, 0.1) is 6.61 Å². The topological polar surface area (TPSA) is 58.8 Å². The molecule has 2 aliphatic heterocycles. The number of carbonyl (C=O) groups excluding carboxylic acids is 1. The van der Waals surface area contributed by atoms with Crippen LogP contribution >= 0.6 is 0 Å². The van der Waals surface area contributed by atoms with Gasteiger partial charge in [-0.15, -0.1) is 0 Å². The van der Waals surface area contributed by atoms with E-state index in [0.717, 1.165) is 42.3 Å². The first-order valence-corrected chi connectivity index (χ1v) is 11.7. The third-order valence-corrected chi connectivity index (χ3v) is 7.26. The van der Waals surface area contributed by atoms with Crippen molar-refractivity contribution in [2.75, 3.05) is 37.4 Å². The first kappa shape index (κ1) is 22.7. The minimum atomic E-state index is -0.314. The highest BCUT2D eigenvalue weighted by molar-refractivity contribution is 5.95. The van der Waals surface area contributed by atoms with Gasteiger partial charge in [-0.25, -0.2) is 0 Å². The highest BCUT2D eigenvalue weighted by Crippen LogP contribution is 2.51. The Morgan fingerprint density at radius 1 is 1.16 bits per heavy atom. The van der Waals surface area contributed by atoms with Gasteiger partial charge in [0.1, 0.15) is 5.75 Å². The molecule has 0 bridgehead atoms. The maximum Gasteiger partial charge on any atom is 0.224 e. The number of ether oxygens (including phenoxy) is 1. The molecule has 4 rings (SSSR count). The summed E-state index contributed by atoms with van der Waals surface area (Å²) in [6, 6.07) is 14.4. The van der Waals surface area contributed by atoms with Gasteiger partial charge in [0.15, 0.2) is 0 Å². The highest BCUT2D eigenvalue weighted by atomic mass is 16.5. The molecule has 5 heteroatoms. The molecule has 1 saturated heterocycles. The third-order valence-electron chi connectivity index (χ3n) is 7.26. The molecule has 1 fully saturated rings. The molecule has 0 saturated carbocycles. The van der Waals surface area contributed by atoms with Crippen LogP contribution in [0.1, 0.15) is 58.1 Å². The van der Waals surface area contributed by atoms with Crippen molar-refractivity contribution in [3.05, 3.63) is 53.6 Å². The normalized spacial score (nSPS) is 25.3. The molecule has 0 aliphatic carbocycles. The number of anilines is 2. The van der Waals surface area contributed by atoms with Crippen molar-refractivity contribution < 1.29 is 9.53 Å². The van der Waals surface area contributed by atoms with Gasteiger partial charge in [-0.2, -0.15) is 0 Å². The van der Waals surface area contributed by atoms with E-state index in [4.69, 9.17) is 10.5 Å². The summed E-state index contributed by atoms with van der Waals surface area (Å²) in [5, 5.41) is 0. The Hall–Kier alpha value is -2.53. The fourth-order valence-corrected chi connectivity index (χ4v) is 5.95. The van der Waals surface area contributed by atoms with Crippen molar-refractivity contribution in [1.29, 1.82) is 0 Å². The standard InChI is InChI=1S/C27H37N3O2/c1-19(31)30-25-13-10-22(28)15-24(25)27(4,18-26(30,2)3)21-8-11-23(12-9-21)32-17-20-7-6-14-29(5)16-20/h8-13,15,20H,6-7,14,16-18,28H2,1-5H3. The van der Waals surface area contributed by atoms with Crippen molar-refractivity contribution >= 4 is 17.3 Å². The zero-order chi connectivity index (χ0) is 23.1. The van der Waals surface area contributed by atoms with Gasteiger partial charge in [0, 0.05) is 41.7 Å². The number of piperidine rings is 1. The molecule has 32 heavy (non-hydrogen) atoms. The van der Waals surface area contributed by atoms with Crippen LogP contribution in [0.3, 0.4) is 0 Å². The molecule has 2 aromatic rings. The number of hydrogen-bond acceptors (Lipinski definition) is 4. The molecule has 0 radical (unpaired) electrons. The van der Waals surface area contributed by atoms with Gasteiger partial charge in [-0.1, -0.05) is 19.1 Å². The van der Waals surface area contributed by atoms with E-state index in [0.29, 0.717) is 5.92 Å². The van der Waals surface area contributed by atoms with Gasteiger partial charge in [0.2, 0.25) is 5.91 Å². The van der Waals surface area contributed by atoms with Crippen LogP contribution in [0, 0.1) is 5.92 Å². The molecular weight excluding hydrogens is 398 g/mol. The molecule has 2 atom stereocenters. The summed E-state index contributed by atoms with van der Waals surface area (Å²) in [7, 11) is 2.19. The molecule has 2 aliphatic rings. The summed E-state index contributed by atoms with van der Waals surface area (Å²) in [5.74, 6) is 1.57. The largest absolute Gasteiger partial charge is 0.493 e. The summed E-state index contributed by atoms with van der Waals surface area (Å²) < 4.78 is 6.15. The van der Waals surface area contributed by atoms with Crippen molar-refractivity contribution in [1.82, 2.24) is 4.90 Å². The number of fused-ring (bicyclic) bond motifs is 1. The van der Waals surface area contributed by atoms with Crippen molar-refractivity contribution in [3.63, 3.8) is 0 Å². The second-order valence-electron chi connectivity index (χ2n) is 10.6. The van der Waals surface area contributed by atoms with E-state index in [-0.39, 0.29) is 16.9 Å². The second kappa shape index (κ2) is 8.43. The molecule has 0 aromatic heterocycles. The average Bonchev–Trinajstić information content (AvgIpc) is 2.72. The Bertz CT molecular complexity index is 985. The van der Waals surface area contributed by atoms with Crippen LogP contribution in [0.2, 0.25) is 0 Å². The number of nitrogens with two attached hydrogens (primary N) is 1. The van der Waals surface area contributed by atoms with Crippen LogP contribution < -0.4 is 15.4 Å². The Balaban J connectivity index is 1.61. The van der Waals surface area contributed by atoms with Gasteiger partial charge in [-0.3, -0.25) is 4.79 Å². The summed E-state index contributed by atoms with van der Waals surface area (Å²) in [4.78, 5) is 16.9. The predicted octanol–water partition coefficient (Wildman–Crippen LogP) is 4.83. The average molecular weight is 436 g/mol. The van der Waals surface area contributed by atoms with Crippen LogP contribution in [-0.2, 0) is 10.2 Å². The second-order valence-corrected chi connectivity index (χ2v) is 10.6. The Morgan fingerprint density at radius 3 is 2.53 bits per heavy atom. The molecular formula is C27H37N3O2. The first-order chi connectivity index (χ1) is 15.1. The maximum atomic E-state index is 12.6. The number of nitrogen functional groups attached to an aromatic ring is 1. The zero-order valence-corrected chi connectivity index (χ0v) is 20.1. The molecule has 0 spiro atoms. The van der Waals surface area contributed by atoms with E-state index in [2.05, 4.69) is 57.0 Å². The van der Waals surface area contributed by atoms with Crippen molar-refractivity contribution in [2.24, 2.45) is 5.92 Å². The zero-order valence-electron chi connectivity index (χ0n) is 20.1. The number of likely N-dealkylation sites (tertiary alicyclic amines) is 1. The summed E-state index contributed by atoms with van der Waals surface area (Å²) in [6.45, 7) is 11.2. The molecule has 1 amide bonds. The molecule has 2 heterocycles. The van der Waals surface area contributed by atoms with Gasteiger partial charge >= 0.3 is 0 Å². The first-order valence-electron chi connectivity index (χ1n) is 11.7. The summed E-state index contributed by atoms with van der Waals surface area (Å²) >= 11 is 0. The number of hydrogen-bond donors (Lipinski definition) is 1. The smallest absolute Gasteiger partial charge is 0.224 e. The van der Waals surface area contributed by atoms with E-state index in [1.165, 1.54) is 24.9 Å². The SMILES string of the molecule is CC(=O)N1c2ccc(N)cc2C(C)(c2ccc(OCC3CCCN(C)C3)cc2)CC1(C)C. The molecule has 2 unspecified atom stereocenters. The Labute approximate surface area is 192 Å². The van der Waals surface area contributed by atoms with Gasteiger partial charge in [0.25, 0.3) is 0 Å². The van der Waals surface area contributed by atoms with Crippen LogP contribution in [0.25, 0.3) is 0 Å². The molecule has 2 aromatic carbocycles. The van der Waals surface area contributed by atoms with E-state index < -0.39 is 0 Å². The van der Waals surface area contributed by atoms with Crippen LogP contribution in [0.4, 0.5) is 11.4 Å². The maximum absolute atomic E-state index is 12.6. The lowest BCUT2D eigenvalue weighted by molar-refractivity contribution is -0.117. The lowest BCUT2D eigenvalue weighted by Gasteiger charge is -2.51. The van der Waals surface area contributed by atoms with Gasteiger partial charge in [-0.05, 0) is 88.2 Å². The molecule has 5 nitrogen and oxygen atoms in total. The number of rotatable bonds is 4. The predicted molar refractivity (Wildman–Crippen MR) is 131 cm³/mol. The minimum absolute atomic E-state index is 0.0557. The van der Waals surface area contributed by atoms with E-state index in [1.807, 2.05) is 23.1 Å². The number of benzene rings is 2. The lowest BCUT2D eigenvalue weighted by atomic mass is 9.65. The highest BCUT2D eigenvalue weighted by Gasteiger charge is 2.47. The monoisotopic (exact) mass is 435 g/mol. The fourth-order valence-electron chi connectivity index (χ4n) is 5.95. The van der Waals surface area contributed by atoms with Crippen LogP contribution in [0.5, 0.6) is 5.75 Å². The van der Waals surface area contributed by atoms with Crippen LogP contribution in [-0.4, -0.2) is 43.1 Å². The Morgan fingerprint density at radius 2 is 1.88 bits per heavy atom.